The van der Waals surface area contributed by atoms with Gasteiger partial charge in [-0.05, 0) is 60.7 Å². The van der Waals surface area contributed by atoms with E-state index in [0.29, 0.717) is 17.4 Å². The van der Waals surface area contributed by atoms with Crippen molar-refractivity contribution in [2.24, 2.45) is 5.92 Å². The fraction of sp³-hybridized carbons (Fsp3) is 0.259. The van der Waals surface area contributed by atoms with E-state index in [1.165, 1.54) is 10.8 Å². The molecule has 0 aliphatic carbocycles. The van der Waals surface area contributed by atoms with Crippen molar-refractivity contribution < 1.29 is 8.42 Å². The van der Waals surface area contributed by atoms with Gasteiger partial charge in [-0.15, -0.1) is 0 Å². The Morgan fingerprint density at radius 3 is 2.44 bits per heavy atom. The number of fused-ring (bicyclic) bond motifs is 1. The highest BCUT2D eigenvalue weighted by atomic mass is 32.2. The van der Waals surface area contributed by atoms with Crippen molar-refractivity contribution in [1.29, 1.82) is 0 Å². The van der Waals surface area contributed by atoms with E-state index >= 15 is 0 Å². The molecule has 0 unspecified atom stereocenters. The quantitative estimate of drug-likeness (QED) is 0.436. The zero-order valence-electron chi connectivity index (χ0n) is 19.2. The molecular weight excluding hydrogens is 444 g/mol. The summed E-state index contributed by atoms with van der Waals surface area (Å²) in [6.07, 6.45) is 3.59. The predicted octanol–water partition coefficient (Wildman–Crippen LogP) is 4.80. The molecule has 5 rings (SSSR count). The fourth-order valence-corrected chi connectivity index (χ4v) is 5.49. The lowest BCUT2D eigenvalue weighted by atomic mass is 9.97. The molecule has 1 fully saturated rings. The minimum absolute atomic E-state index is 0.292. The molecule has 0 radical (unpaired) electrons. The van der Waals surface area contributed by atoms with Gasteiger partial charge in [-0.25, -0.2) is 23.1 Å². The summed E-state index contributed by atoms with van der Waals surface area (Å²) in [5.41, 5.74) is 3.02. The van der Waals surface area contributed by atoms with Gasteiger partial charge in [0.15, 0.2) is 0 Å². The third-order valence-corrected chi connectivity index (χ3v) is 7.92. The summed E-state index contributed by atoms with van der Waals surface area (Å²) in [5, 5.41) is 2.40. The van der Waals surface area contributed by atoms with E-state index in [1.807, 2.05) is 43.5 Å². The molecule has 0 spiro atoms. The van der Waals surface area contributed by atoms with Crippen LogP contribution in [0.4, 0.5) is 5.95 Å². The van der Waals surface area contributed by atoms with Crippen LogP contribution in [-0.2, 0) is 10.0 Å². The van der Waals surface area contributed by atoms with Gasteiger partial charge in [0.1, 0.15) is 0 Å². The van der Waals surface area contributed by atoms with Crippen molar-refractivity contribution in [2.45, 2.75) is 24.7 Å². The van der Waals surface area contributed by atoms with Crippen LogP contribution in [0.1, 0.15) is 18.4 Å². The number of piperidine rings is 1. The highest BCUT2D eigenvalue weighted by molar-refractivity contribution is 7.89. The molecule has 1 N–H and O–H groups in total. The molecule has 1 aromatic heterocycles. The van der Waals surface area contributed by atoms with Gasteiger partial charge in [-0.1, -0.05) is 54.1 Å². The third-order valence-electron chi connectivity index (χ3n) is 6.48. The molecule has 0 saturated carbocycles. The molecule has 34 heavy (non-hydrogen) atoms. The van der Waals surface area contributed by atoms with E-state index < -0.39 is 10.0 Å². The van der Waals surface area contributed by atoms with Gasteiger partial charge in [0.25, 0.3) is 0 Å². The zero-order chi connectivity index (χ0) is 23.5. The molecule has 3 aromatic carbocycles. The summed E-state index contributed by atoms with van der Waals surface area (Å²) in [4.78, 5) is 11.8. The van der Waals surface area contributed by atoms with Crippen molar-refractivity contribution in [3.8, 4) is 11.3 Å². The lowest BCUT2D eigenvalue weighted by Gasteiger charge is -2.32. The van der Waals surface area contributed by atoms with E-state index in [9.17, 15) is 8.42 Å². The number of aryl methyl sites for hydroxylation is 1. The summed E-state index contributed by atoms with van der Waals surface area (Å²) in [6, 6.07) is 23.6. The van der Waals surface area contributed by atoms with E-state index in [-0.39, 0.29) is 0 Å². The summed E-state index contributed by atoms with van der Waals surface area (Å²) < 4.78 is 28.0. The standard InChI is InChI=1S/C27H28N4O2S/c1-20-6-10-25(11-7-20)34(32,33)29-19-21-13-16-31(17-14-21)27-28-15-12-26(30-27)24-9-8-22-4-2-3-5-23(22)18-24/h2-12,15,18,21,29H,13-14,16-17,19H2,1H3. The maximum Gasteiger partial charge on any atom is 0.240 e. The minimum Gasteiger partial charge on any atom is -0.341 e. The van der Waals surface area contributed by atoms with E-state index in [0.717, 1.165) is 48.7 Å². The first kappa shape index (κ1) is 22.5. The topological polar surface area (TPSA) is 75.2 Å². The molecule has 7 heteroatoms. The van der Waals surface area contributed by atoms with Crippen LogP contribution in [0.15, 0.2) is 83.9 Å². The number of nitrogens with one attached hydrogen (secondary N) is 1. The van der Waals surface area contributed by atoms with Gasteiger partial charge < -0.3 is 4.90 Å². The third kappa shape index (κ3) is 4.95. The van der Waals surface area contributed by atoms with E-state index in [1.54, 1.807) is 12.1 Å². The van der Waals surface area contributed by atoms with Crippen molar-refractivity contribution in [1.82, 2.24) is 14.7 Å². The normalized spacial score (nSPS) is 15.0. The summed E-state index contributed by atoms with van der Waals surface area (Å²) in [6.45, 7) is 4.00. The molecule has 1 aliphatic rings. The lowest BCUT2D eigenvalue weighted by molar-refractivity contribution is 0.399. The van der Waals surface area contributed by atoms with Gasteiger partial charge in [0, 0.05) is 31.4 Å². The van der Waals surface area contributed by atoms with Gasteiger partial charge >= 0.3 is 0 Å². The number of aromatic nitrogens is 2. The fourth-order valence-electron chi connectivity index (χ4n) is 4.38. The smallest absolute Gasteiger partial charge is 0.240 e. The second kappa shape index (κ2) is 9.52. The molecule has 174 valence electrons. The summed E-state index contributed by atoms with van der Waals surface area (Å²) in [5.74, 6) is 1.02. The van der Waals surface area contributed by atoms with Gasteiger partial charge in [0.05, 0.1) is 10.6 Å². The Kier molecular flexibility index (Phi) is 6.30. The largest absolute Gasteiger partial charge is 0.341 e. The van der Waals surface area contributed by atoms with Crippen LogP contribution in [-0.4, -0.2) is 38.0 Å². The van der Waals surface area contributed by atoms with Crippen LogP contribution in [0.2, 0.25) is 0 Å². The molecule has 1 saturated heterocycles. The van der Waals surface area contributed by atoms with E-state index in [4.69, 9.17) is 4.98 Å². The lowest BCUT2D eigenvalue weighted by Crippen LogP contribution is -2.39. The monoisotopic (exact) mass is 472 g/mol. The first-order valence-corrected chi connectivity index (χ1v) is 13.1. The number of hydrogen-bond acceptors (Lipinski definition) is 5. The van der Waals surface area contributed by atoms with E-state index in [2.05, 4.69) is 44.9 Å². The first-order chi connectivity index (χ1) is 16.5. The van der Waals surface area contributed by atoms with Crippen molar-refractivity contribution in [3.63, 3.8) is 0 Å². The molecule has 1 aliphatic heterocycles. The Morgan fingerprint density at radius 2 is 1.68 bits per heavy atom. The average Bonchev–Trinajstić information content (AvgIpc) is 2.88. The SMILES string of the molecule is Cc1ccc(S(=O)(=O)NCC2CCN(c3nccc(-c4ccc5ccccc5c4)n3)CC2)cc1. The average molecular weight is 473 g/mol. The molecule has 0 amide bonds. The number of hydrogen-bond donors (Lipinski definition) is 1. The van der Waals surface area contributed by atoms with Crippen molar-refractivity contribution in [2.75, 3.05) is 24.5 Å². The van der Waals surface area contributed by atoms with Gasteiger partial charge in [-0.2, -0.15) is 0 Å². The summed E-state index contributed by atoms with van der Waals surface area (Å²) in [7, 11) is -3.48. The maximum absolute atomic E-state index is 12.6. The first-order valence-electron chi connectivity index (χ1n) is 11.6. The van der Waals surface area contributed by atoms with Crippen molar-refractivity contribution >= 4 is 26.7 Å². The highest BCUT2D eigenvalue weighted by Crippen LogP contribution is 2.26. The van der Waals surface area contributed by atoms with Gasteiger partial charge in [-0.3, -0.25) is 0 Å². The number of anilines is 1. The minimum atomic E-state index is -3.48. The molecule has 2 heterocycles. The van der Waals surface area contributed by atoms with Crippen LogP contribution in [0.25, 0.3) is 22.0 Å². The van der Waals surface area contributed by atoms with Crippen LogP contribution in [0, 0.1) is 12.8 Å². The predicted molar refractivity (Wildman–Crippen MR) is 136 cm³/mol. The molecular formula is C27H28N4O2S. The number of sulfonamides is 1. The molecule has 0 bridgehead atoms. The van der Waals surface area contributed by atoms with Crippen LogP contribution in [0.5, 0.6) is 0 Å². The number of benzene rings is 3. The maximum atomic E-state index is 12.6. The molecule has 6 nitrogen and oxygen atoms in total. The number of nitrogens with zero attached hydrogens (tertiary/aromatic N) is 3. The Morgan fingerprint density at radius 1 is 0.941 bits per heavy atom. The second-order valence-corrected chi connectivity index (χ2v) is 10.7. The molecule has 0 atom stereocenters. The molecule has 4 aromatic rings. The van der Waals surface area contributed by atoms with Crippen molar-refractivity contribution in [3.05, 3.63) is 84.6 Å². The Bertz CT molecular complexity index is 1400. The highest BCUT2D eigenvalue weighted by Gasteiger charge is 2.23. The Balaban J connectivity index is 1.21. The van der Waals surface area contributed by atoms with Crippen LogP contribution in [0.3, 0.4) is 0 Å². The van der Waals surface area contributed by atoms with Crippen LogP contribution >= 0.6 is 0 Å². The second-order valence-electron chi connectivity index (χ2n) is 8.90. The zero-order valence-corrected chi connectivity index (χ0v) is 20.0. The van der Waals surface area contributed by atoms with Gasteiger partial charge in [0.2, 0.25) is 16.0 Å². The van der Waals surface area contributed by atoms with Crippen LogP contribution < -0.4 is 9.62 Å². The summed E-state index contributed by atoms with van der Waals surface area (Å²) >= 11 is 0. The number of rotatable bonds is 6. The Hall–Kier alpha value is -3.29. The Labute approximate surface area is 200 Å².